The van der Waals surface area contributed by atoms with Crippen molar-refractivity contribution >= 4 is 17.3 Å². The van der Waals surface area contributed by atoms with Crippen LogP contribution in [-0.2, 0) is 4.79 Å². The second-order valence-electron chi connectivity index (χ2n) is 3.91. The number of nitrogens with zero attached hydrogens (tertiary/aromatic N) is 1. The van der Waals surface area contributed by atoms with Crippen LogP contribution in [0.5, 0.6) is 5.75 Å². The lowest BCUT2D eigenvalue weighted by Crippen LogP contribution is -2.23. The Balaban J connectivity index is 2.49. The van der Waals surface area contributed by atoms with Gasteiger partial charge >= 0.3 is 0 Å². The van der Waals surface area contributed by atoms with Crippen LogP contribution in [0.1, 0.15) is 0 Å². The first-order valence-corrected chi connectivity index (χ1v) is 5.92. The molecule has 1 amide bonds. The van der Waals surface area contributed by atoms with Crippen LogP contribution in [0.15, 0.2) is 67.3 Å². The first kappa shape index (κ1) is 12.9. The van der Waals surface area contributed by atoms with Gasteiger partial charge in [-0.05, 0) is 30.3 Å². The van der Waals surface area contributed by atoms with E-state index in [0.717, 1.165) is 11.4 Å². The molecule has 0 saturated carbocycles. The zero-order chi connectivity index (χ0) is 13.7. The Bertz CT molecular complexity index is 578. The van der Waals surface area contributed by atoms with Crippen molar-refractivity contribution in [3.63, 3.8) is 0 Å². The lowest BCUT2D eigenvalue weighted by atomic mass is 10.2. The van der Waals surface area contributed by atoms with Crippen molar-refractivity contribution in [2.75, 3.05) is 12.0 Å². The van der Waals surface area contributed by atoms with Gasteiger partial charge in [-0.15, -0.1) is 0 Å². The summed E-state index contributed by atoms with van der Waals surface area (Å²) < 4.78 is 5.19. The van der Waals surface area contributed by atoms with Crippen molar-refractivity contribution in [3.05, 3.63) is 67.3 Å². The first-order chi connectivity index (χ1) is 9.26. The summed E-state index contributed by atoms with van der Waals surface area (Å²) in [6.45, 7) is 3.55. The highest BCUT2D eigenvalue weighted by atomic mass is 16.5. The number of para-hydroxylation sites is 1. The molecule has 0 bridgehead atoms. The number of hydrogen-bond donors (Lipinski definition) is 0. The predicted molar refractivity (Wildman–Crippen MR) is 76.8 cm³/mol. The van der Waals surface area contributed by atoms with E-state index in [1.54, 1.807) is 12.0 Å². The molecule has 2 aromatic rings. The maximum Gasteiger partial charge on any atom is 0.254 e. The van der Waals surface area contributed by atoms with Crippen LogP contribution in [0.3, 0.4) is 0 Å². The average molecular weight is 253 g/mol. The number of methoxy groups -OCH3 is 1. The zero-order valence-corrected chi connectivity index (χ0v) is 10.7. The fraction of sp³-hybridized carbons (Fsp3) is 0.0625. The molecule has 0 aliphatic rings. The molecule has 0 N–H and O–H groups in total. The maximum atomic E-state index is 12.1. The lowest BCUT2D eigenvalue weighted by Gasteiger charge is -2.21. The molecule has 3 heteroatoms. The number of ether oxygens (including phenoxy) is 1. The Kier molecular flexibility index (Phi) is 3.98. The standard InChI is InChI=1S/C16H15NO2/c1-3-16(18)17(13-8-5-4-6-9-13)14-10-7-11-15(12-14)19-2/h3-12H,1H2,2H3. The van der Waals surface area contributed by atoms with Crippen molar-refractivity contribution < 1.29 is 9.53 Å². The van der Waals surface area contributed by atoms with E-state index in [0.29, 0.717) is 5.75 Å². The molecule has 0 atom stereocenters. The smallest absolute Gasteiger partial charge is 0.254 e. The summed E-state index contributed by atoms with van der Waals surface area (Å²) in [6, 6.07) is 16.8. The van der Waals surface area contributed by atoms with E-state index in [2.05, 4.69) is 6.58 Å². The number of carbonyl (C=O) groups excluding carboxylic acids is 1. The number of benzene rings is 2. The highest BCUT2D eigenvalue weighted by Crippen LogP contribution is 2.28. The van der Waals surface area contributed by atoms with Crippen LogP contribution in [-0.4, -0.2) is 13.0 Å². The Hall–Kier alpha value is -2.55. The molecule has 0 radical (unpaired) electrons. The van der Waals surface area contributed by atoms with Crippen LogP contribution in [0, 0.1) is 0 Å². The first-order valence-electron chi connectivity index (χ1n) is 5.92. The van der Waals surface area contributed by atoms with E-state index in [9.17, 15) is 4.79 Å². The van der Waals surface area contributed by atoms with Gasteiger partial charge in [0.05, 0.1) is 12.8 Å². The van der Waals surface area contributed by atoms with Crippen molar-refractivity contribution in [1.82, 2.24) is 0 Å². The van der Waals surface area contributed by atoms with Gasteiger partial charge in [-0.2, -0.15) is 0 Å². The number of anilines is 2. The molecule has 2 aromatic carbocycles. The molecule has 19 heavy (non-hydrogen) atoms. The highest BCUT2D eigenvalue weighted by Gasteiger charge is 2.15. The van der Waals surface area contributed by atoms with Crippen molar-refractivity contribution in [3.8, 4) is 5.75 Å². The van der Waals surface area contributed by atoms with Gasteiger partial charge in [-0.3, -0.25) is 9.69 Å². The van der Waals surface area contributed by atoms with Gasteiger partial charge in [0.2, 0.25) is 0 Å². The van der Waals surface area contributed by atoms with Crippen molar-refractivity contribution in [2.24, 2.45) is 0 Å². The van der Waals surface area contributed by atoms with Gasteiger partial charge in [0.15, 0.2) is 0 Å². The number of hydrogen-bond acceptors (Lipinski definition) is 2. The second kappa shape index (κ2) is 5.87. The fourth-order valence-corrected chi connectivity index (χ4v) is 1.82. The van der Waals surface area contributed by atoms with E-state index < -0.39 is 0 Å². The summed E-state index contributed by atoms with van der Waals surface area (Å²) in [7, 11) is 1.60. The Labute approximate surface area is 112 Å². The van der Waals surface area contributed by atoms with Crippen LogP contribution in [0.4, 0.5) is 11.4 Å². The Morgan fingerprint density at radius 2 is 1.79 bits per heavy atom. The molecule has 0 unspecified atom stereocenters. The summed E-state index contributed by atoms with van der Waals surface area (Å²) in [6.07, 6.45) is 1.30. The SMILES string of the molecule is C=CC(=O)N(c1ccccc1)c1cccc(OC)c1. The van der Waals surface area contributed by atoms with Gasteiger partial charge in [0, 0.05) is 11.8 Å². The highest BCUT2D eigenvalue weighted by molar-refractivity contribution is 6.06. The molecule has 3 nitrogen and oxygen atoms in total. The molecule has 0 heterocycles. The molecule has 0 aromatic heterocycles. The topological polar surface area (TPSA) is 29.5 Å². The number of carbonyl (C=O) groups is 1. The number of rotatable bonds is 4. The summed E-state index contributed by atoms with van der Waals surface area (Å²) >= 11 is 0. The minimum Gasteiger partial charge on any atom is -0.497 e. The van der Waals surface area contributed by atoms with E-state index in [4.69, 9.17) is 4.74 Å². The normalized spacial score (nSPS) is 9.74. The van der Waals surface area contributed by atoms with E-state index in [1.807, 2.05) is 54.6 Å². The largest absolute Gasteiger partial charge is 0.497 e. The Morgan fingerprint density at radius 1 is 1.11 bits per heavy atom. The van der Waals surface area contributed by atoms with Crippen LogP contribution < -0.4 is 9.64 Å². The summed E-state index contributed by atoms with van der Waals surface area (Å²) in [5, 5.41) is 0. The summed E-state index contributed by atoms with van der Waals surface area (Å²) in [5.74, 6) is 0.523. The third kappa shape index (κ3) is 2.83. The molecular formula is C16H15NO2. The molecule has 0 fully saturated rings. The maximum absolute atomic E-state index is 12.1. The molecule has 2 rings (SSSR count). The number of amides is 1. The third-order valence-electron chi connectivity index (χ3n) is 2.72. The van der Waals surface area contributed by atoms with Gasteiger partial charge in [0.25, 0.3) is 5.91 Å². The average Bonchev–Trinajstić information content (AvgIpc) is 2.48. The van der Waals surface area contributed by atoms with Crippen LogP contribution in [0.25, 0.3) is 0 Å². The van der Waals surface area contributed by atoms with E-state index in [1.165, 1.54) is 6.08 Å². The molecular weight excluding hydrogens is 238 g/mol. The molecule has 0 aliphatic heterocycles. The van der Waals surface area contributed by atoms with Crippen LogP contribution in [0.2, 0.25) is 0 Å². The van der Waals surface area contributed by atoms with E-state index in [-0.39, 0.29) is 5.91 Å². The van der Waals surface area contributed by atoms with Gasteiger partial charge in [-0.25, -0.2) is 0 Å². The fourth-order valence-electron chi connectivity index (χ4n) is 1.82. The van der Waals surface area contributed by atoms with Gasteiger partial charge < -0.3 is 4.74 Å². The quantitative estimate of drug-likeness (QED) is 0.780. The van der Waals surface area contributed by atoms with Crippen LogP contribution >= 0.6 is 0 Å². The van der Waals surface area contributed by atoms with E-state index >= 15 is 0 Å². The molecule has 0 spiro atoms. The lowest BCUT2D eigenvalue weighted by molar-refractivity contribution is -0.113. The third-order valence-corrected chi connectivity index (χ3v) is 2.72. The predicted octanol–water partition coefficient (Wildman–Crippen LogP) is 3.55. The van der Waals surface area contributed by atoms with Gasteiger partial charge in [-0.1, -0.05) is 30.8 Å². The van der Waals surface area contributed by atoms with Crippen molar-refractivity contribution in [2.45, 2.75) is 0 Å². The molecule has 0 saturated heterocycles. The molecule has 0 aliphatic carbocycles. The second-order valence-corrected chi connectivity index (χ2v) is 3.91. The van der Waals surface area contributed by atoms with Crippen molar-refractivity contribution in [1.29, 1.82) is 0 Å². The summed E-state index contributed by atoms with van der Waals surface area (Å²) in [4.78, 5) is 13.7. The van der Waals surface area contributed by atoms with Gasteiger partial charge in [0.1, 0.15) is 5.75 Å². The minimum absolute atomic E-state index is 0.181. The molecule has 96 valence electrons. The zero-order valence-electron chi connectivity index (χ0n) is 10.7. The minimum atomic E-state index is -0.181. The Morgan fingerprint density at radius 3 is 2.42 bits per heavy atom. The summed E-state index contributed by atoms with van der Waals surface area (Å²) in [5.41, 5.74) is 1.54. The monoisotopic (exact) mass is 253 g/mol.